The molecule has 2 heterocycles. The molecule has 1 saturated heterocycles. The zero-order chi connectivity index (χ0) is 13.1. The van der Waals surface area contributed by atoms with Gasteiger partial charge in [0.15, 0.2) is 0 Å². The van der Waals surface area contributed by atoms with Crippen LogP contribution in [0.15, 0.2) is 6.07 Å². The zero-order valence-corrected chi connectivity index (χ0v) is 10.6. The third kappa shape index (κ3) is 3.21. The third-order valence-electron chi connectivity index (χ3n) is 2.81. The molecule has 0 bridgehead atoms. The molecule has 1 fully saturated rings. The van der Waals surface area contributed by atoms with Gasteiger partial charge in [-0.25, -0.2) is 5.84 Å². The Hall–Kier alpha value is -1.60. The predicted molar refractivity (Wildman–Crippen MR) is 67.9 cm³/mol. The fraction of sp³-hybridized carbons (Fsp3) is 0.636. The Morgan fingerprint density at radius 1 is 1.33 bits per heavy atom. The number of rotatable bonds is 3. The van der Waals surface area contributed by atoms with Crippen molar-refractivity contribution in [3.63, 3.8) is 0 Å². The summed E-state index contributed by atoms with van der Waals surface area (Å²) in [6, 6.07) is 1.63. The molecule has 7 heteroatoms. The number of nitrogens with two attached hydrogens (primary N) is 2. The summed E-state index contributed by atoms with van der Waals surface area (Å²) in [4.78, 5) is 7.94. The first-order valence-electron chi connectivity index (χ1n) is 6.00. The number of ether oxygens (including phenoxy) is 2. The summed E-state index contributed by atoms with van der Waals surface area (Å²) in [5.41, 5.74) is 8.00. The number of aromatic nitrogens is 2. The molecule has 1 aliphatic heterocycles. The quantitative estimate of drug-likeness (QED) is 0.537. The lowest BCUT2D eigenvalue weighted by molar-refractivity contribution is -0.0729. The highest BCUT2D eigenvalue weighted by molar-refractivity contribution is 5.41. The normalized spacial score (nSPS) is 27.8. The van der Waals surface area contributed by atoms with Crippen LogP contribution in [-0.4, -0.2) is 28.3 Å². The van der Waals surface area contributed by atoms with Crippen LogP contribution < -0.4 is 21.7 Å². The first-order chi connectivity index (χ1) is 8.56. The summed E-state index contributed by atoms with van der Waals surface area (Å²) in [5, 5.41) is 0. The van der Waals surface area contributed by atoms with Crippen LogP contribution in [0.4, 0.5) is 11.8 Å². The number of nitrogen functional groups attached to an aromatic ring is 2. The van der Waals surface area contributed by atoms with Gasteiger partial charge < -0.3 is 20.6 Å². The summed E-state index contributed by atoms with van der Waals surface area (Å²) < 4.78 is 11.5. The average Bonchev–Trinajstić information content (AvgIpc) is 2.26. The molecule has 7 nitrogen and oxygen atoms in total. The van der Waals surface area contributed by atoms with Crippen molar-refractivity contribution >= 4 is 11.8 Å². The van der Waals surface area contributed by atoms with Crippen LogP contribution in [0.25, 0.3) is 0 Å². The van der Waals surface area contributed by atoms with Gasteiger partial charge in [-0.15, -0.1) is 0 Å². The third-order valence-corrected chi connectivity index (χ3v) is 2.81. The first kappa shape index (κ1) is 12.8. The minimum atomic E-state index is 0.0728. The number of nitrogens with one attached hydrogen (secondary N) is 1. The maximum absolute atomic E-state index is 5.81. The summed E-state index contributed by atoms with van der Waals surface area (Å²) in [7, 11) is 0. The molecule has 0 radical (unpaired) electrons. The molecule has 100 valence electrons. The standard InChI is InChI=1S/C11H19N5O2/c1-6-3-8(4-7(2)17-6)18-10-5-9(16-13)14-11(12)15-10/h5-8H,3-4,13H2,1-2H3,(H3,12,14,15,16). The molecule has 2 rings (SSSR count). The van der Waals surface area contributed by atoms with E-state index in [0.717, 1.165) is 12.8 Å². The van der Waals surface area contributed by atoms with E-state index in [0.29, 0.717) is 11.7 Å². The second kappa shape index (κ2) is 5.36. The lowest BCUT2D eigenvalue weighted by Crippen LogP contribution is -2.35. The molecular formula is C11H19N5O2. The van der Waals surface area contributed by atoms with E-state index in [1.807, 2.05) is 13.8 Å². The largest absolute Gasteiger partial charge is 0.474 e. The summed E-state index contributed by atoms with van der Waals surface area (Å²) in [6.45, 7) is 4.07. The Morgan fingerprint density at radius 3 is 2.61 bits per heavy atom. The van der Waals surface area contributed by atoms with Gasteiger partial charge in [0.25, 0.3) is 0 Å². The minimum absolute atomic E-state index is 0.0728. The van der Waals surface area contributed by atoms with Gasteiger partial charge >= 0.3 is 0 Å². The molecule has 0 aromatic carbocycles. The summed E-state index contributed by atoms with van der Waals surface area (Å²) in [5.74, 6) is 6.29. The molecule has 1 aromatic rings. The first-order valence-corrected chi connectivity index (χ1v) is 6.00. The maximum atomic E-state index is 5.81. The van der Waals surface area contributed by atoms with Gasteiger partial charge in [0.2, 0.25) is 11.8 Å². The molecule has 0 amide bonds. The van der Waals surface area contributed by atoms with E-state index in [2.05, 4.69) is 15.4 Å². The fourth-order valence-electron chi connectivity index (χ4n) is 2.19. The van der Waals surface area contributed by atoms with E-state index in [9.17, 15) is 0 Å². The van der Waals surface area contributed by atoms with Crippen LogP contribution in [0.1, 0.15) is 26.7 Å². The van der Waals surface area contributed by atoms with Crippen molar-refractivity contribution in [2.75, 3.05) is 11.2 Å². The van der Waals surface area contributed by atoms with Crippen molar-refractivity contribution in [1.29, 1.82) is 0 Å². The molecule has 0 saturated carbocycles. The lowest BCUT2D eigenvalue weighted by atomic mass is 10.0. The molecule has 2 unspecified atom stereocenters. The Labute approximate surface area is 106 Å². The van der Waals surface area contributed by atoms with Crippen molar-refractivity contribution in [2.24, 2.45) is 5.84 Å². The second-order valence-corrected chi connectivity index (χ2v) is 4.56. The maximum Gasteiger partial charge on any atom is 0.225 e. The van der Waals surface area contributed by atoms with Gasteiger partial charge in [-0.2, -0.15) is 9.97 Å². The van der Waals surface area contributed by atoms with Crippen LogP contribution in [0, 0.1) is 0 Å². The molecule has 0 spiro atoms. The second-order valence-electron chi connectivity index (χ2n) is 4.56. The minimum Gasteiger partial charge on any atom is -0.474 e. The van der Waals surface area contributed by atoms with E-state index < -0.39 is 0 Å². The van der Waals surface area contributed by atoms with Gasteiger partial charge in [-0.3, -0.25) is 0 Å². The molecule has 5 N–H and O–H groups in total. The van der Waals surface area contributed by atoms with Crippen LogP contribution >= 0.6 is 0 Å². The molecule has 18 heavy (non-hydrogen) atoms. The fourth-order valence-corrected chi connectivity index (χ4v) is 2.19. The van der Waals surface area contributed by atoms with E-state index in [1.165, 1.54) is 0 Å². The molecular weight excluding hydrogens is 234 g/mol. The topological polar surface area (TPSA) is 108 Å². The average molecular weight is 253 g/mol. The van der Waals surface area contributed by atoms with Crippen LogP contribution in [-0.2, 0) is 4.74 Å². The van der Waals surface area contributed by atoms with Crippen molar-refractivity contribution in [3.05, 3.63) is 6.07 Å². The Morgan fingerprint density at radius 2 is 2.00 bits per heavy atom. The highest BCUT2D eigenvalue weighted by Crippen LogP contribution is 2.24. The monoisotopic (exact) mass is 253 g/mol. The summed E-state index contributed by atoms with van der Waals surface area (Å²) >= 11 is 0. The van der Waals surface area contributed by atoms with Crippen molar-refractivity contribution < 1.29 is 9.47 Å². The number of anilines is 2. The van der Waals surface area contributed by atoms with E-state index in [-0.39, 0.29) is 24.3 Å². The zero-order valence-electron chi connectivity index (χ0n) is 10.6. The predicted octanol–water partition coefficient (Wildman–Crippen LogP) is 0.679. The van der Waals surface area contributed by atoms with E-state index in [4.69, 9.17) is 21.1 Å². The number of hydrogen-bond acceptors (Lipinski definition) is 7. The molecule has 1 aliphatic rings. The van der Waals surface area contributed by atoms with Gasteiger partial charge in [-0.1, -0.05) is 0 Å². The van der Waals surface area contributed by atoms with E-state index in [1.54, 1.807) is 6.07 Å². The molecule has 2 atom stereocenters. The number of nitrogens with zero attached hydrogens (tertiary/aromatic N) is 2. The highest BCUT2D eigenvalue weighted by Gasteiger charge is 2.26. The summed E-state index contributed by atoms with van der Waals surface area (Å²) in [6.07, 6.45) is 2.11. The van der Waals surface area contributed by atoms with Gasteiger partial charge in [-0.05, 0) is 13.8 Å². The van der Waals surface area contributed by atoms with Gasteiger partial charge in [0.05, 0.1) is 12.2 Å². The van der Waals surface area contributed by atoms with Crippen molar-refractivity contribution in [1.82, 2.24) is 9.97 Å². The van der Waals surface area contributed by atoms with Crippen molar-refractivity contribution in [2.45, 2.75) is 45.0 Å². The smallest absolute Gasteiger partial charge is 0.225 e. The number of hydrazine groups is 1. The Balaban J connectivity index is 2.06. The van der Waals surface area contributed by atoms with E-state index >= 15 is 0 Å². The Bertz CT molecular complexity index is 404. The lowest BCUT2D eigenvalue weighted by Gasteiger charge is -2.31. The van der Waals surface area contributed by atoms with Crippen LogP contribution in [0.3, 0.4) is 0 Å². The molecule has 1 aromatic heterocycles. The number of hydrogen-bond donors (Lipinski definition) is 3. The SMILES string of the molecule is CC1CC(Oc2cc(NN)nc(N)n2)CC(C)O1. The van der Waals surface area contributed by atoms with Gasteiger partial charge in [0.1, 0.15) is 11.9 Å². The Kier molecular flexibility index (Phi) is 3.83. The molecule has 0 aliphatic carbocycles. The van der Waals surface area contributed by atoms with Gasteiger partial charge in [0, 0.05) is 18.9 Å². The van der Waals surface area contributed by atoms with Crippen LogP contribution in [0.2, 0.25) is 0 Å². The van der Waals surface area contributed by atoms with Crippen molar-refractivity contribution in [3.8, 4) is 5.88 Å². The highest BCUT2D eigenvalue weighted by atomic mass is 16.5. The van der Waals surface area contributed by atoms with Crippen LogP contribution in [0.5, 0.6) is 5.88 Å².